The summed E-state index contributed by atoms with van der Waals surface area (Å²) in [7, 11) is 0. The fraction of sp³-hybridized carbons (Fsp3) is 0.593. The van der Waals surface area contributed by atoms with Gasteiger partial charge in [0.15, 0.2) is 17.0 Å². The van der Waals surface area contributed by atoms with Crippen LogP contribution in [0.4, 0.5) is 24.9 Å². The molecule has 1 aliphatic rings. The molecular formula is C27H38F3N7O. The maximum Gasteiger partial charge on any atom is 0.416 e. The number of aromatic nitrogens is 4. The summed E-state index contributed by atoms with van der Waals surface area (Å²) >= 11 is 0. The minimum absolute atomic E-state index is 0.160. The van der Waals surface area contributed by atoms with Crippen molar-refractivity contribution in [3.05, 3.63) is 41.7 Å². The molecule has 1 saturated carbocycles. The Morgan fingerprint density at radius 3 is 2.29 bits per heavy atom. The summed E-state index contributed by atoms with van der Waals surface area (Å²) in [6.07, 6.45) is 0.140. The second-order valence-corrected chi connectivity index (χ2v) is 10.6. The molecule has 0 bridgehead atoms. The van der Waals surface area contributed by atoms with Crippen molar-refractivity contribution in [1.82, 2.24) is 24.4 Å². The van der Waals surface area contributed by atoms with Crippen molar-refractivity contribution in [2.24, 2.45) is 0 Å². The third-order valence-electron chi connectivity index (χ3n) is 7.12. The van der Waals surface area contributed by atoms with Crippen molar-refractivity contribution in [3.63, 3.8) is 0 Å². The van der Waals surface area contributed by atoms with E-state index in [9.17, 15) is 18.3 Å². The first-order valence-electron chi connectivity index (χ1n) is 13.3. The molecule has 2 heterocycles. The zero-order valence-corrected chi connectivity index (χ0v) is 22.5. The number of aliphatic hydroxyl groups is 1. The Hall–Kier alpha value is -2.92. The van der Waals surface area contributed by atoms with Gasteiger partial charge < -0.3 is 20.3 Å². The van der Waals surface area contributed by atoms with Crippen LogP contribution in [-0.4, -0.2) is 66.8 Å². The molecule has 0 radical (unpaired) electrons. The Morgan fingerprint density at radius 1 is 1.03 bits per heavy atom. The Morgan fingerprint density at radius 2 is 1.68 bits per heavy atom. The number of hydrogen-bond donors (Lipinski definition) is 3. The Balaban J connectivity index is 1.59. The minimum atomic E-state index is -4.37. The highest BCUT2D eigenvalue weighted by atomic mass is 19.4. The van der Waals surface area contributed by atoms with Crippen LogP contribution < -0.4 is 10.6 Å². The van der Waals surface area contributed by atoms with Gasteiger partial charge in [0.25, 0.3) is 0 Å². The van der Waals surface area contributed by atoms with Crippen LogP contribution in [0, 0.1) is 0 Å². The van der Waals surface area contributed by atoms with Gasteiger partial charge >= 0.3 is 6.18 Å². The van der Waals surface area contributed by atoms with Crippen molar-refractivity contribution in [2.75, 3.05) is 23.7 Å². The number of hydrogen-bond acceptors (Lipinski definition) is 7. The van der Waals surface area contributed by atoms with Crippen molar-refractivity contribution < 1.29 is 18.3 Å². The molecule has 38 heavy (non-hydrogen) atoms. The zero-order valence-electron chi connectivity index (χ0n) is 22.5. The lowest BCUT2D eigenvalue weighted by Gasteiger charge is -2.30. The monoisotopic (exact) mass is 533 g/mol. The van der Waals surface area contributed by atoms with E-state index in [4.69, 9.17) is 9.97 Å². The number of halogens is 3. The van der Waals surface area contributed by atoms with Gasteiger partial charge in [-0.05, 0) is 71.1 Å². The average molecular weight is 534 g/mol. The number of nitrogens with one attached hydrogen (secondary N) is 2. The number of imidazole rings is 1. The summed E-state index contributed by atoms with van der Waals surface area (Å²) in [4.78, 5) is 16.4. The zero-order chi connectivity index (χ0) is 27.4. The predicted octanol–water partition coefficient (Wildman–Crippen LogP) is 5.14. The molecule has 1 fully saturated rings. The molecule has 2 aromatic heterocycles. The molecule has 4 rings (SSSR count). The third kappa shape index (κ3) is 6.93. The van der Waals surface area contributed by atoms with Crippen LogP contribution in [0.25, 0.3) is 11.2 Å². The molecule has 3 aromatic rings. The highest BCUT2D eigenvalue weighted by Gasteiger charge is 2.30. The van der Waals surface area contributed by atoms with Crippen LogP contribution in [0.1, 0.15) is 64.5 Å². The molecule has 0 spiro atoms. The molecule has 208 valence electrons. The fourth-order valence-corrected chi connectivity index (χ4v) is 5.06. The van der Waals surface area contributed by atoms with E-state index in [0.29, 0.717) is 53.7 Å². The van der Waals surface area contributed by atoms with Gasteiger partial charge in [-0.2, -0.15) is 23.1 Å². The van der Waals surface area contributed by atoms with E-state index in [1.807, 2.05) is 4.57 Å². The molecule has 0 amide bonds. The number of benzene rings is 1. The molecule has 0 atom stereocenters. The number of alkyl halides is 3. The summed E-state index contributed by atoms with van der Waals surface area (Å²) < 4.78 is 40.8. The van der Waals surface area contributed by atoms with Crippen LogP contribution in [0.15, 0.2) is 30.6 Å². The first kappa shape index (κ1) is 28.1. The number of aliphatic hydroxyl groups excluding tert-OH is 1. The summed E-state index contributed by atoms with van der Waals surface area (Å²) in [6.45, 7) is 10.5. The quantitative estimate of drug-likeness (QED) is 0.332. The summed E-state index contributed by atoms with van der Waals surface area (Å²) in [5.74, 6) is 1.09. The first-order valence-corrected chi connectivity index (χ1v) is 13.3. The van der Waals surface area contributed by atoms with Crippen LogP contribution in [0.3, 0.4) is 0 Å². The highest BCUT2D eigenvalue weighted by Crippen LogP contribution is 2.30. The van der Waals surface area contributed by atoms with Crippen LogP contribution in [-0.2, 0) is 12.7 Å². The Bertz CT molecular complexity index is 1180. The van der Waals surface area contributed by atoms with Gasteiger partial charge in [0.2, 0.25) is 5.95 Å². The molecule has 8 nitrogen and oxygen atoms in total. The number of nitrogens with zero attached hydrogens (tertiary/aromatic N) is 5. The van der Waals surface area contributed by atoms with E-state index in [1.165, 1.54) is 12.1 Å². The molecule has 11 heteroatoms. The normalized spacial score (nSPS) is 18.6. The standard InChI is InChI=1S/C27H38F3N7O/c1-17(2)37(18(3)4)14-13-31-24-23-25(35-26(34-24)33-21-9-11-22(38)12-10-21)36(16-32-23)15-19-5-7-20(8-6-19)27(28,29)30/h5-8,16-18,21-22,38H,9-15H2,1-4H3,(H2,31,33,34,35). The van der Waals surface area contributed by atoms with Crippen molar-refractivity contribution in [1.29, 1.82) is 0 Å². The molecular weight excluding hydrogens is 495 g/mol. The van der Waals surface area contributed by atoms with Gasteiger partial charge in [-0.3, -0.25) is 4.90 Å². The lowest BCUT2D eigenvalue weighted by molar-refractivity contribution is -0.137. The van der Waals surface area contributed by atoms with Crippen molar-refractivity contribution in [3.8, 4) is 0 Å². The molecule has 0 saturated heterocycles. The van der Waals surface area contributed by atoms with Gasteiger partial charge in [-0.1, -0.05) is 12.1 Å². The predicted molar refractivity (Wildman–Crippen MR) is 143 cm³/mol. The van der Waals surface area contributed by atoms with Gasteiger partial charge in [0, 0.05) is 31.2 Å². The first-order chi connectivity index (χ1) is 18.0. The van der Waals surface area contributed by atoms with E-state index in [2.05, 4.69) is 48.2 Å². The Kier molecular flexibility index (Phi) is 8.77. The molecule has 3 N–H and O–H groups in total. The SMILES string of the molecule is CC(C)N(CCNc1nc(NC2CCC(O)CC2)nc2c1ncn2Cc1ccc(C(F)(F)F)cc1)C(C)C. The van der Waals surface area contributed by atoms with E-state index >= 15 is 0 Å². The minimum Gasteiger partial charge on any atom is -0.393 e. The van der Waals surface area contributed by atoms with E-state index < -0.39 is 11.7 Å². The topological polar surface area (TPSA) is 91.1 Å². The van der Waals surface area contributed by atoms with E-state index in [0.717, 1.165) is 44.4 Å². The van der Waals surface area contributed by atoms with Gasteiger partial charge in [-0.15, -0.1) is 0 Å². The summed E-state index contributed by atoms with van der Waals surface area (Å²) in [5.41, 5.74) is 1.25. The molecule has 0 aliphatic heterocycles. The smallest absolute Gasteiger partial charge is 0.393 e. The largest absolute Gasteiger partial charge is 0.416 e. The van der Waals surface area contributed by atoms with E-state index in [1.54, 1.807) is 6.33 Å². The number of anilines is 2. The molecule has 0 unspecified atom stereocenters. The van der Waals surface area contributed by atoms with Gasteiger partial charge in [0.05, 0.1) is 24.5 Å². The average Bonchev–Trinajstić information content (AvgIpc) is 3.25. The van der Waals surface area contributed by atoms with Crippen molar-refractivity contribution >= 4 is 22.9 Å². The maximum atomic E-state index is 13.0. The third-order valence-corrected chi connectivity index (χ3v) is 7.12. The molecule has 1 aliphatic carbocycles. The van der Waals surface area contributed by atoms with Crippen LogP contribution in [0.2, 0.25) is 0 Å². The number of fused-ring (bicyclic) bond motifs is 1. The maximum absolute atomic E-state index is 13.0. The molecule has 1 aromatic carbocycles. The van der Waals surface area contributed by atoms with Gasteiger partial charge in [-0.25, -0.2) is 4.98 Å². The van der Waals surface area contributed by atoms with Crippen LogP contribution in [0.5, 0.6) is 0 Å². The second kappa shape index (κ2) is 11.9. The fourth-order valence-electron chi connectivity index (χ4n) is 5.06. The summed E-state index contributed by atoms with van der Waals surface area (Å²) in [6, 6.07) is 6.12. The lowest BCUT2D eigenvalue weighted by Crippen LogP contribution is -2.40. The van der Waals surface area contributed by atoms with E-state index in [-0.39, 0.29) is 12.1 Å². The van der Waals surface area contributed by atoms with Crippen LogP contribution >= 0.6 is 0 Å². The lowest BCUT2D eigenvalue weighted by atomic mass is 9.93. The summed E-state index contributed by atoms with van der Waals surface area (Å²) in [5, 5.41) is 16.7. The van der Waals surface area contributed by atoms with Crippen molar-refractivity contribution in [2.45, 2.75) is 90.3 Å². The van der Waals surface area contributed by atoms with Gasteiger partial charge in [0.1, 0.15) is 0 Å². The second-order valence-electron chi connectivity index (χ2n) is 10.6. The highest BCUT2D eigenvalue weighted by molar-refractivity contribution is 5.84. The Labute approximate surface area is 221 Å². The number of rotatable bonds is 10.